The summed E-state index contributed by atoms with van der Waals surface area (Å²) in [6.45, 7) is 4.21. The fourth-order valence-electron chi connectivity index (χ4n) is 2.85. The molecule has 1 heterocycles. The van der Waals surface area contributed by atoms with Crippen LogP contribution in [0.5, 0.6) is 11.5 Å². The Morgan fingerprint density at radius 3 is 2.67 bits per heavy atom. The molecule has 1 aliphatic rings. The van der Waals surface area contributed by atoms with Gasteiger partial charge in [0.1, 0.15) is 17.1 Å². The van der Waals surface area contributed by atoms with Gasteiger partial charge in [-0.3, -0.25) is 0 Å². The predicted molar refractivity (Wildman–Crippen MR) is 83.9 cm³/mol. The highest BCUT2D eigenvalue weighted by Crippen LogP contribution is 2.36. The second kappa shape index (κ2) is 5.08. The fourth-order valence-corrected chi connectivity index (χ4v) is 2.85. The normalized spacial score (nSPS) is 17.0. The summed E-state index contributed by atoms with van der Waals surface area (Å²) < 4.78 is 11.2. The van der Waals surface area contributed by atoms with E-state index in [1.165, 1.54) is 5.56 Å². The van der Waals surface area contributed by atoms with Crippen molar-refractivity contribution >= 4 is 0 Å². The zero-order chi connectivity index (χ0) is 15.0. The zero-order valence-electron chi connectivity index (χ0n) is 12.7. The van der Waals surface area contributed by atoms with Crippen molar-refractivity contribution in [2.24, 2.45) is 5.73 Å². The highest BCUT2D eigenvalue weighted by atomic mass is 16.5. The summed E-state index contributed by atoms with van der Waals surface area (Å²) in [5.41, 5.74) is 9.66. The first-order chi connectivity index (χ1) is 9.98. The molecule has 1 unspecified atom stereocenters. The van der Waals surface area contributed by atoms with E-state index in [-0.39, 0.29) is 11.6 Å². The van der Waals surface area contributed by atoms with E-state index in [9.17, 15) is 0 Å². The lowest BCUT2D eigenvalue weighted by Crippen LogP contribution is -2.24. The van der Waals surface area contributed by atoms with Crippen LogP contribution < -0.4 is 15.2 Å². The number of benzene rings is 2. The summed E-state index contributed by atoms with van der Waals surface area (Å²) in [6, 6.07) is 14.0. The van der Waals surface area contributed by atoms with Crippen molar-refractivity contribution in [1.82, 2.24) is 0 Å². The molecule has 0 fully saturated rings. The van der Waals surface area contributed by atoms with Crippen LogP contribution in [-0.4, -0.2) is 12.7 Å². The largest absolute Gasteiger partial charge is 0.497 e. The molecule has 0 aromatic heterocycles. The van der Waals surface area contributed by atoms with Gasteiger partial charge in [-0.05, 0) is 48.7 Å². The van der Waals surface area contributed by atoms with E-state index in [0.717, 1.165) is 29.0 Å². The average molecular weight is 283 g/mol. The van der Waals surface area contributed by atoms with Crippen LogP contribution in [0.1, 0.15) is 36.6 Å². The van der Waals surface area contributed by atoms with Gasteiger partial charge < -0.3 is 15.2 Å². The van der Waals surface area contributed by atoms with E-state index in [4.69, 9.17) is 15.2 Å². The van der Waals surface area contributed by atoms with Crippen molar-refractivity contribution in [2.75, 3.05) is 7.11 Å². The molecule has 0 radical (unpaired) electrons. The van der Waals surface area contributed by atoms with Gasteiger partial charge in [0.2, 0.25) is 0 Å². The quantitative estimate of drug-likeness (QED) is 0.938. The maximum absolute atomic E-state index is 6.41. The SMILES string of the molecule is COc1cccc(C(N)c2ccc3c(c2)CC(C)(C)O3)c1. The molecule has 0 saturated carbocycles. The third-order valence-electron chi connectivity index (χ3n) is 3.90. The van der Waals surface area contributed by atoms with Gasteiger partial charge in [-0.15, -0.1) is 0 Å². The first-order valence-corrected chi connectivity index (χ1v) is 7.20. The Bertz CT molecular complexity index is 664. The topological polar surface area (TPSA) is 44.5 Å². The van der Waals surface area contributed by atoms with Crippen LogP contribution >= 0.6 is 0 Å². The van der Waals surface area contributed by atoms with Crippen molar-refractivity contribution in [3.05, 3.63) is 59.2 Å². The average Bonchev–Trinajstić information content (AvgIpc) is 2.79. The Morgan fingerprint density at radius 2 is 1.90 bits per heavy atom. The molecule has 0 saturated heterocycles. The Balaban J connectivity index is 1.91. The van der Waals surface area contributed by atoms with E-state index < -0.39 is 0 Å². The van der Waals surface area contributed by atoms with Gasteiger partial charge in [0.05, 0.1) is 13.2 Å². The maximum atomic E-state index is 6.41. The van der Waals surface area contributed by atoms with Crippen molar-refractivity contribution in [1.29, 1.82) is 0 Å². The van der Waals surface area contributed by atoms with Gasteiger partial charge in [-0.2, -0.15) is 0 Å². The van der Waals surface area contributed by atoms with Crippen LogP contribution in [-0.2, 0) is 6.42 Å². The minimum atomic E-state index is -0.158. The standard InChI is InChI=1S/C18H21NO2/c1-18(2)11-14-9-13(7-8-16(14)21-18)17(19)12-5-4-6-15(10-12)20-3/h4-10,17H,11,19H2,1-3H3. The van der Waals surface area contributed by atoms with E-state index >= 15 is 0 Å². The summed E-state index contributed by atoms with van der Waals surface area (Å²) >= 11 is 0. The highest BCUT2D eigenvalue weighted by Gasteiger charge is 2.30. The van der Waals surface area contributed by atoms with E-state index in [0.29, 0.717) is 0 Å². The number of rotatable bonds is 3. The van der Waals surface area contributed by atoms with Crippen LogP contribution in [0.3, 0.4) is 0 Å². The number of fused-ring (bicyclic) bond motifs is 1. The van der Waals surface area contributed by atoms with Crippen LogP contribution in [0.15, 0.2) is 42.5 Å². The van der Waals surface area contributed by atoms with Crippen LogP contribution in [0.25, 0.3) is 0 Å². The highest BCUT2D eigenvalue weighted by molar-refractivity contribution is 5.45. The summed E-state index contributed by atoms with van der Waals surface area (Å²) in [5.74, 6) is 1.80. The van der Waals surface area contributed by atoms with Crippen molar-refractivity contribution in [3.63, 3.8) is 0 Å². The fraction of sp³-hybridized carbons (Fsp3) is 0.333. The van der Waals surface area contributed by atoms with Crippen LogP contribution in [0.4, 0.5) is 0 Å². The van der Waals surface area contributed by atoms with Gasteiger partial charge in [-0.25, -0.2) is 0 Å². The van der Waals surface area contributed by atoms with Crippen molar-refractivity contribution in [3.8, 4) is 11.5 Å². The van der Waals surface area contributed by atoms with Gasteiger partial charge in [-0.1, -0.05) is 24.3 Å². The molecule has 0 amide bonds. The maximum Gasteiger partial charge on any atom is 0.123 e. The second-order valence-corrected chi connectivity index (χ2v) is 6.16. The number of hydrogen-bond acceptors (Lipinski definition) is 3. The van der Waals surface area contributed by atoms with E-state index in [1.807, 2.05) is 36.4 Å². The first-order valence-electron chi connectivity index (χ1n) is 7.20. The molecular formula is C18H21NO2. The molecular weight excluding hydrogens is 262 g/mol. The molecule has 21 heavy (non-hydrogen) atoms. The minimum Gasteiger partial charge on any atom is -0.497 e. The lowest BCUT2D eigenvalue weighted by Gasteiger charge is -2.16. The molecule has 2 N–H and O–H groups in total. The molecule has 2 aromatic rings. The minimum absolute atomic E-state index is 0.124. The summed E-state index contributed by atoms with van der Waals surface area (Å²) in [7, 11) is 1.67. The Labute approximate surface area is 125 Å². The van der Waals surface area contributed by atoms with Crippen LogP contribution in [0, 0.1) is 0 Å². The lowest BCUT2D eigenvalue weighted by atomic mass is 9.95. The van der Waals surface area contributed by atoms with Crippen molar-refractivity contribution in [2.45, 2.75) is 31.9 Å². The monoisotopic (exact) mass is 283 g/mol. The molecule has 0 spiro atoms. The molecule has 1 atom stereocenters. The second-order valence-electron chi connectivity index (χ2n) is 6.16. The molecule has 1 aliphatic heterocycles. The Morgan fingerprint density at radius 1 is 1.14 bits per heavy atom. The van der Waals surface area contributed by atoms with E-state index in [2.05, 4.69) is 19.9 Å². The molecule has 0 bridgehead atoms. The molecule has 110 valence electrons. The molecule has 3 nitrogen and oxygen atoms in total. The number of hydrogen-bond donors (Lipinski definition) is 1. The van der Waals surface area contributed by atoms with Gasteiger partial charge in [0, 0.05) is 6.42 Å². The number of ether oxygens (including phenoxy) is 2. The number of methoxy groups -OCH3 is 1. The first kappa shape index (κ1) is 14.0. The summed E-state index contributed by atoms with van der Waals surface area (Å²) in [6.07, 6.45) is 0.918. The predicted octanol–water partition coefficient (Wildman–Crippen LogP) is 3.46. The summed E-state index contributed by atoms with van der Waals surface area (Å²) in [4.78, 5) is 0. The van der Waals surface area contributed by atoms with Gasteiger partial charge in [0.25, 0.3) is 0 Å². The van der Waals surface area contributed by atoms with Crippen molar-refractivity contribution < 1.29 is 9.47 Å². The van der Waals surface area contributed by atoms with Gasteiger partial charge >= 0.3 is 0 Å². The third-order valence-corrected chi connectivity index (χ3v) is 3.90. The number of nitrogens with two attached hydrogens (primary N) is 1. The lowest BCUT2D eigenvalue weighted by molar-refractivity contribution is 0.138. The molecule has 2 aromatic carbocycles. The molecule has 3 heteroatoms. The Hall–Kier alpha value is -2.00. The smallest absolute Gasteiger partial charge is 0.123 e. The Kier molecular flexibility index (Phi) is 3.38. The molecule has 0 aliphatic carbocycles. The zero-order valence-corrected chi connectivity index (χ0v) is 12.7. The third kappa shape index (κ3) is 2.74. The van der Waals surface area contributed by atoms with E-state index in [1.54, 1.807) is 7.11 Å². The van der Waals surface area contributed by atoms with Gasteiger partial charge in [0.15, 0.2) is 0 Å². The summed E-state index contributed by atoms with van der Waals surface area (Å²) in [5, 5.41) is 0. The van der Waals surface area contributed by atoms with Crippen LogP contribution in [0.2, 0.25) is 0 Å². The molecule has 3 rings (SSSR count).